The normalized spacial score (nSPS) is 38.6. The van der Waals surface area contributed by atoms with Gasteiger partial charge in [-0.15, -0.1) is 0 Å². The highest BCUT2D eigenvalue weighted by Gasteiger charge is 2.65. The quantitative estimate of drug-likeness (QED) is 0.717. The van der Waals surface area contributed by atoms with Crippen molar-refractivity contribution in [2.24, 2.45) is 17.3 Å². The van der Waals surface area contributed by atoms with Crippen molar-refractivity contribution in [3.63, 3.8) is 0 Å². The highest BCUT2D eigenvalue weighted by atomic mass is 16.5. The van der Waals surface area contributed by atoms with Gasteiger partial charge in [0.15, 0.2) is 0 Å². The van der Waals surface area contributed by atoms with Gasteiger partial charge >= 0.3 is 0 Å². The number of aromatic nitrogens is 1. The molecule has 0 bridgehead atoms. The largest absolute Gasteiger partial charge is 0.508 e. The Morgan fingerprint density at radius 2 is 2.07 bits per heavy atom. The summed E-state index contributed by atoms with van der Waals surface area (Å²) in [7, 11) is 0. The molecule has 1 aromatic carbocycles. The standard InChI is InChI=1S/C24H27NO2/c1-23-10-8-18-17-7-5-16(26)13-15(17)4-6-19(18)20(23)9-11-24(23)14-21-22(27-24)3-2-12-25-21/h2-3,5,7,12-13,18-20,26H,4,6,8-11,14H2,1H3/t18-,19-,20+,23+,24-/m1/s1. The fourth-order valence-electron chi connectivity index (χ4n) is 7.29. The molecule has 1 aliphatic heterocycles. The Hall–Kier alpha value is -2.03. The van der Waals surface area contributed by atoms with Gasteiger partial charge in [-0.2, -0.15) is 0 Å². The van der Waals surface area contributed by atoms with Crippen LogP contribution in [0.2, 0.25) is 0 Å². The Balaban J connectivity index is 1.36. The van der Waals surface area contributed by atoms with Gasteiger partial charge in [0.25, 0.3) is 0 Å². The Morgan fingerprint density at radius 1 is 1.15 bits per heavy atom. The van der Waals surface area contributed by atoms with Crippen LogP contribution in [0.5, 0.6) is 11.5 Å². The molecule has 1 N–H and O–H groups in total. The minimum atomic E-state index is -0.0471. The minimum Gasteiger partial charge on any atom is -0.508 e. The molecular formula is C24H27NO2. The van der Waals surface area contributed by atoms with Gasteiger partial charge in [0.2, 0.25) is 0 Å². The molecule has 1 aromatic heterocycles. The molecule has 5 atom stereocenters. The molecule has 0 saturated heterocycles. The maximum atomic E-state index is 9.88. The molecule has 2 fully saturated rings. The van der Waals surface area contributed by atoms with Crippen LogP contribution < -0.4 is 4.74 Å². The number of fused-ring (bicyclic) bond motifs is 7. The van der Waals surface area contributed by atoms with E-state index in [-0.39, 0.29) is 11.0 Å². The summed E-state index contributed by atoms with van der Waals surface area (Å²) < 4.78 is 6.70. The van der Waals surface area contributed by atoms with Gasteiger partial charge in [0.1, 0.15) is 17.1 Å². The van der Waals surface area contributed by atoms with E-state index in [0.717, 1.165) is 42.5 Å². The molecule has 1 spiro atoms. The number of pyridine rings is 1. The lowest BCUT2D eigenvalue weighted by atomic mass is 9.53. The van der Waals surface area contributed by atoms with E-state index < -0.39 is 0 Å². The van der Waals surface area contributed by atoms with Crippen molar-refractivity contribution in [3.8, 4) is 11.5 Å². The van der Waals surface area contributed by atoms with Crippen molar-refractivity contribution >= 4 is 0 Å². The Labute approximate surface area is 160 Å². The lowest BCUT2D eigenvalue weighted by Crippen LogP contribution is -2.53. The zero-order chi connectivity index (χ0) is 18.2. The van der Waals surface area contributed by atoms with Gasteiger partial charge in [0, 0.05) is 18.0 Å². The van der Waals surface area contributed by atoms with Gasteiger partial charge in [-0.3, -0.25) is 4.98 Å². The van der Waals surface area contributed by atoms with Gasteiger partial charge in [-0.1, -0.05) is 13.0 Å². The first kappa shape index (κ1) is 16.0. The van der Waals surface area contributed by atoms with Gasteiger partial charge in [-0.25, -0.2) is 0 Å². The average Bonchev–Trinajstić information content (AvgIpc) is 3.19. The van der Waals surface area contributed by atoms with E-state index in [1.54, 1.807) is 0 Å². The van der Waals surface area contributed by atoms with Crippen molar-refractivity contribution in [3.05, 3.63) is 53.3 Å². The second kappa shape index (κ2) is 5.27. The fourth-order valence-corrected chi connectivity index (χ4v) is 7.29. The summed E-state index contributed by atoms with van der Waals surface area (Å²) in [5.41, 5.74) is 4.23. The Morgan fingerprint density at radius 3 is 2.96 bits per heavy atom. The van der Waals surface area contributed by atoms with Crippen molar-refractivity contribution < 1.29 is 9.84 Å². The number of aromatic hydroxyl groups is 1. The van der Waals surface area contributed by atoms with E-state index in [4.69, 9.17) is 4.74 Å². The fraction of sp³-hybridized carbons (Fsp3) is 0.542. The Kier molecular flexibility index (Phi) is 3.12. The molecular weight excluding hydrogens is 334 g/mol. The molecule has 6 rings (SSSR count). The van der Waals surface area contributed by atoms with Crippen LogP contribution in [-0.4, -0.2) is 15.7 Å². The third kappa shape index (κ3) is 2.00. The minimum absolute atomic E-state index is 0.0471. The van der Waals surface area contributed by atoms with Crippen LogP contribution in [0.3, 0.4) is 0 Å². The number of nitrogens with zero attached hydrogens (tertiary/aromatic N) is 1. The van der Waals surface area contributed by atoms with Crippen molar-refractivity contribution in [1.82, 2.24) is 4.98 Å². The Bertz CT molecular complexity index is 897. The molecule has 4 aliphatic rings. The van der Waals surface area contributed by atoms with Crippen LogP contribution in [0, 0.1) is 17.3 Å². The molecule has 0 radical (unpaired) electrons. The van der Waals surface area contributed by atoms with E-state index >= 15 is 0 Å². The molecule has 0 amide bonds. The van der Waals surface area contributed by atoms with Gasteiger partial charge in [-0.05, 0) is 91.7 Å². The second-order valence-corrected chi connectivity index (χ2v) is 9.51. The third-order valence-corrected chi connectivity index (χ3v) is 8.61. The monoisotopic (exact) mass is 361 g/mol. The number of hydrogen-bond donors (Lipinski definition) is 1. The first-order valence-corrected chi connectivity index (χ1v) is 10.5. The summed E-state index contributed by atoms with van der Waals surface area (Å²) in [4.78, 5) is 4.62. The summed E-state index contributed by atoms with van der Waals surface area (Å²) in [5, 5.41) is 9.88. The number of ether oxygens (including phenoxy) is 1. The number of aryl methyl sites for hydroxylation is 1. The number of hydrogen-bond acceptors (Lipinski definition) is 3. The molecule has 2 aromatic rings. The van der Waals surface area contributed by atoms with Crippen LogP contribution in [0.4, 0.5) is 0 Å². The van der Waals surface area contributed by atoms with Crippen molar-refractivity contribution in [2.75, 3.05) is 0 Å². The van der Waals surface area contributed by atoms with Crippen molar-refractivity contribution in [1.29, 1.82) is 0 Å². The lowest BCUT2D eigenvalue weighted by molar-refractivity contribution is -0.0725. The van der Waals surface area contributed by atoms with Crippen LogP contribution in [-0.2, 0) is 12.8 Å². The third-order valence-electron chi connectivity index (χ3n) is 8.61. The van der Waals surface area contributed by atoms with E-state index in [1.165, 1.54) is 36.8 Å². The summed E-state index contributed by atoms with van der Waals surface area (Å²) in [5.74, 6) is 3.57. The van der Waals surface area contributed by atoms with Gasteiger partial charge < -0.3 is 9.84 Å². The predicted molar refractivity (Wildman–Crippen MR) is 104 cm³/mol. The summed E-state index contributed by atoms with van der Waals surface area (Å²) >= 11 is 0. The maximum Gasteiger partial charge on any atom is 0.141 e. The summed E-state index contributed by atoms with van der Waals surface area (Å²) in [6.45, 7) is 2.51. The smallest absolute Gasteiger partial charge is 0.141 e. The molecule has 3 heteroatoms. The zero-order valence-corrected chi connectivity index (χ0v) is 15.9. The highest BCUT2D eigenvalue weighted by Crippen LogP contribution is 2.67. The van der Waals surface area contributed by atoms with Crippen LogP contribution in [0.15, 0.2) is 36.5 Å². The maximum absolute atomic E-state index is 9.88. The summed E-state index contributed by atoms with van der Waals surface area (Å²) in [6.07, 6.45) is 10.2. The molecule has 2 saturated carbocycles. The molecule has 3 aliphatic carbocycles. The number of phenolic OH excluding ortho intramolecular Hbond substituents is 1. The van der Waals surface area contributed by atoms with Crippen molar-refractivity contribution in [2.45, 2.75) is 63.4 Å². The molecule has 27 heavy (non-hydrogen) atoms. The average molecular weight is 361 g/mol. The number of benzene rings is 1. The highest BCUT2D eigenvalue weighted by molar-refractivity contribution is 5.41. The topological polar surface area (TPSA) is 42.4 Å². The SMILES string of the molecule is C[C@]12CC[C@@H]3c4ccc(O)cc4CC[C@H]3[C@@H]1CC[C@@]21Cc2ncccc2O1. The first-order valence-electron chi connectivity index (χ1n) is 10.5. The second-order valence-electron chi connectivity index (χ2n) is 9.51. The molecule has 3 nitrogen and oxygen atoms in total. The van der Waals surface area contributed by atoms with E-state index in [2.05, 4.69) is 24.0 Å². The summed E-state index contributed by atoms with van der Waals surface area (Å²) in [6, 6.07) is 10.2. The molecule has 0 unspecified atom stereocenters. The first-order chi connectivity index (χ1) is 13.1. The molecule has 140 valence electrons. The van der Waals surface area contributed by atoms with E-state index in [9.17, 15) is 5.11 Å². The van der Waals surface area contributed by atoms with Crippen LogP contribution in [0.25, 0.3) is 0 Å². The number of phenols is 1. The predicted octanol–water partition coefficient (Wildman–Crippen LogP) is 5.02. The van der Waals surface area contributed by atoms with E-state index in [1.807, 2.05) is 24.4 Å². The zero-order valence-electron chi connectivity index (χ0n) is 15.9. The van der Waals surface area contributed by atoms with Crippen LogP contribution >= 0.6 is 0 Å². The van der Waals surface area contributed by atoms with E-state index in [0.29, 0.717) is 11.7 Å². The molecule has 2 heterocycles. The van der Waals surface area contributed by atoms with Crippen LogP contribution in [0.1, 0.15) is 61.8 Å². The lowest BCUT2D eigenvalue weighted by Gasteiger charge is -2.53. The van der Waals surface area contributed by atoms with Gasteiger partial charge in [0.05, 0.1) is 5.69 Å². The number of rotatable bonds is 0.